The molecule has 0 aliphatic carbocycles. The van der Waals surface area contributed by atoms with Crippen LogP contribution in [0.1, 0.15) is 15.9 Å². The summed E-state index contributed by atoms with van der Waals surface area (Å²) in [6.45, 7) is 4.21. The molecule has 0 saturated carbocycles. The predicted octanol–water partition coefficient (Wildman–Crippen LogP) is 3.63. The van der Waals surface area contributed by atoms with Gasteiger partial charge in [-0.25, -0.2) is 0 Å². The molecule has 6 nitrogen and oxygen atoms in total. The summed E-state index contributed by atoms with van der Waals surface area (Å²) in [5.41, 5.74) is 2.46. The molecule has 0 aromatic heterocycles. The lowest BCUT2D eigenvalue weighted by molar-refractivity contribution is -0.384. The van der Waals surface area contributed by atoms with Crippen molar-refractivity contribution in [1.29, 1.82) is 0 Å². The number of carbonyl (C=O) groups excluding carboxylic acids is 1. The summed E-state index contributed by atoms with van der Waals surface area (Å²) >= 11 is 3.27. The molecule has 1 aliphatic rings. The third-order valence-corrected chi connectivity index (χ3v) is 4.83. The maximum atomic E-state index is 12.6. The van der Waals surface area contributed by atoms with Gasteiger partial charge >= 0.3 is 0 Å². The van der Waals surface area contributed by atoms with E-state index in [4.69, 9.17) is 0 Å². The monoisotopic (exact) mass is 403 g/mol. The highest BCUT2D eigenvalue weighted by molar-refractivity contribution is 9.10. The van der Waals surface area contributed by atoms with Crippen LogP contribution in [0.2, 0.25) is 0 Å². The van der Waals surface area contributed by atoms with Crippen LogP contribution in [0.3, 0.4) is 0 Å². The van der Waals surface area contributed by atoms with E-state index in [2.05, 4.69) is 15.9 Å². The molecule has 1 amide bonds. The number of aryl methyl sites for hydroxylation is 1. The standard InChI is InChI=1S/C18H18BrN3O3/c1-13-2-4-14(5-3-13)18(23)21-10-8-20(9-11-21)16-7-6-15(19)12-17(16)22(24)25/h2-7,12H,8-11H2,1H3. The molecule has 1 heterocycles. The fraction of sp³-hybridized carbons (Fsp3) is 0.278. The van der Waals surface area contributed by atoms with Gasteiger partial charge in [0, 0.05) is 42.3 Å². The fourth-order valence-electron chi connectivity index (χ4n) is 2.94. The first-order chi connectivity index (χ1) is 12.0. The number of anilines is 1. The van der Waals surface area contributed by atoms with Gasteiger partial charge in [0.2, 0.25) is 0 Å². The molecule has 130 valence electrons. The minimum absolute atomic E-state index is 0.00459. The van der Waals surface area contributed by atoms with Gasteiger partial charge < -0.3 is 9.80 Å². The van der Waals surface area contributed by atoms with Crippen LogP contribution >= 0.6 is 15.9 Å². The van der Waals surface area contributed by atoms with Gasteiger partial charge in [0.1, 0.15) is 5.69 Å². The quantitative estimate of drug-likeness (QED) is 0.579. The van der Waals surface area contributed by atoms with E-state index in [1.807, 2.05) is 36.1 Å². The molecule has 2 aromatic rings. The van der Waals surface area contributed by atoms with E-state index in [0.29, 0.717) is 41.9 Å². The zero-order chi connectivity index (χ0) is 18.0. The second kappa shape index (κ2) is 7.23. The van der Waals surface area contributed by atoms with Gasteiger partial charge in [0.15, 0.2) is 0 Å². The summed E-state index contributed by atoms with van der Waals surface area (Å²) in [6, 6.07) is 12.6. The van der Waals surface area contributed by atoms with Crippen LogP contribution in [0, 0.1) is 17.0 Å². The number of carbonyl (C=O) groups is 1. The van der Waals surface area contributed by atoms with Crippen molar-refractivity contribution in [3.8, 4) is 0 Å². The Morgan fingerprint density at radius 1 is 1.08 bits per heavy atom. The third kappa shape index (κ3) is 3.82. The first-order valence-electron chi connectivity index (χ1n) is 8.00. The first-order valence-corrected chi connectivity index (χ1v) is 8.80. The summed E-state index contributed by atoms with van der Waals surface area (Å²) in [4.78, 5) is 27.3. The first kappa shape index (κ1) is 17.4. The van der Waals surface area contributed by atoms with Crippen molar-refractivity contribution in [1.82, 2.24) is 4.90 Å². The van der Waals surface area contributed by atoms with Crippen LogP contribution in [0.15, 0.2) is 46.9 Å². The van der Waals surface area contributed by atoms with Gasteiger partial charge in [-0.1, -0.05) is 33.6 Å². The van der Waals surface area contributed by atoms with Gasteiger partial charge in [0.05, 0.1) is 4.92 Å². The average molecular weight is 404 g/mol. The molecule has 25 heavy (non-hydrogen) atoms. The summed E-state index contributed by atoms with van der Waals surface area (Å²) in [5.74, 6) is 0.00459. The van der Waals surface area contributed by atoms with Gasteiger partial charge in [-0.05, 0) is 31.2 Å². The predicted molar refractivity (Wildman–Crippen MR) is 100 cm³/mol. The van der Waals surface area contributed by atoms with E-state index in [-0.39, 0.29) is 16.5 Å². The van der Waals surface area contributed by atoms with E-state index < -0.39 is 0 Å². The number of halogens is 1. The molecule has 7 heteroatoms. The average Bonchev–Trinajstić information content (AvgIpc) is 2.62. The van der Waals surface area contributed by atoms with Crippen molar-refractivity contribution >= 4 is 33.2 Å². The Morgan fingerprint density at radius 2 is 1.72 bits per heavy atom. The summed E-state index contributed by atoms with van der Waals surface area (Å²) in [5, 5.41) is 11.3. The van der Waals surface area contributed by atoms with Crippen molar-refractivity contribution in [2.24, 2.45) is 0 Å². The van der Waals surface area contributed by atoms with Crippen molar-refractivity contribution in [3.05, 3.63) is 68.2 Å². The maximum Gasteiger partial charge on any atom is 0.293 e. The second-order valence-electron chi connectivity index (χ2n) is 6.04. The van der Waals surface area contributed by atoms with E-state index in [1.54, 1.807) is 17.0 Å². The lowest BCUT2D eigenvalue weighted by atomic mass is 10.1. The number of hydrogen-bond donors (Lipinski definition) is 0. The van der Waals surface area contributed by atoms with Crippen LogP contribution < -0.4 is 4.90 Å². The van der Waals surface area contributed by atoms with Gasteiger partial charge in [-0.3, -0.25) is 14.9 Å². The van der Waals surface area contributed by atoms with Gasteiger partial charge in [-0.15, -0.1) is 0 Å². The number of hydrogen-bond acceptors (Lipinski definition) is 4. The van der Waals surface area contributed by atoms with E-state index in [9.17, 15) is 14.9 Å². The largest absolute Gasteiger partial charge is 0.362 e. The molecule has 1 aliphatic heterocycles. The number of amides is 1. The Balaban J connectivity index is 1.71. The molecule has 1 fully saturated rings. The number of nitro benzene ring substituents is 1. The minimum Gasteiger partial charge on any atom is -0.362 e. The molecule has 3 rings (SSSR count). The zero-order valence-electron chi connectivity index (χ0n) is 13.8. The Bertz CT molecular complexity index is 800. The molecule has 0 bridgehead atoms. The van der Waals surface area contributed by atoms with Crippen molar-refractivity contribution in [2.45, 2.75) is 6.92 Å². The van der Waals surface area contributed by atoms with Crippen LogP contribution in [-0.4, -0.2) is 41.9 Å². The van der Waals surface area contributed by atoms with E-state index in [0.717, 1.165) is 5.56 Å². The molecular weight excluding hydrogens is 386 g/mol. The summed E-state index contributed by atoms with van der Waals surface area (Å²) in [7, 11) is 0. The van der Waals surface area contributed by atoms with Crippen LogP contribution in [0.25, 0.3) is 0 Å². The SMILES string of the molecule is Cc1ccc(C(=O)N2CCN(c3ccc(Br)cc3[N+](=O)[O-])CC2)cc1. The molecule has 0 radical (unpaired) electrons. The van der Waals surface area contributed by atoms with E-state index in [1.165, 1.54) is 6.07 Å². The Labute approximate surface area is 154 Å². The van der Waals surface area contributed by atoms with Crippen LogP contribution in [0.4, 0.5) is 11.4 Å². The Morgan fingerprint density at radius 3 is 2.32 bits per heavy atom. The highest BCUT2D eigenvalue weighted by Gasteiger charge is 2.26. The van der Waals surface area contributed by atoms with E-state index >= 15 is 0 Å². The van der Waals surface area contributed by atoms with Crippen molar-refractivity contribution in [3.63, 3.8) is 0 Å². The molecule has 0 atom stereocenters. The Kier molecular flexibility index (Phi) is 5.03. The lowest BCUT2D eigenvalue weighted by Gasteiger charge is -2.35. The number of rotatable bonds is 3. The second-order valence-corrected chi connectivity index (χ2v) is 6.95. The Hall–Kier alpha value is -2.41. The fourth-order valence-corrected chi connectivity index (χ4v) is 3.29. The normalized spacial score (nSPS) is 14.5. The van der Waals surface area contributed by atoms with Crippen LogP contribution in [0.5, 0.6) is 0 Å². The third-order valence-electron chi connectivity index (χ3n) is 4.34. The lowest BCUT2D eigenvalue weighted by Crippen LogP contribution is -2.49. The molecule has 0 unspecified atom stereocenters. The highest BCUT2D eigenvalue weighted by atomic mass is 79.9. The molecule has 0 spiro atoms. The van der Waals surface area contributed by atoms with Gasteiger partial charge in [0.25, 0.3) is 11.6 Å². The topological polar surface area (TPSA) is 66.7 Å². The molecule has 1 saturated heterocycles. The minimum atomic E-state index is -0.371. The highest BCUT2D eigenvalue weighted by Crippen LogP contribution is 2.31. The number of nitro groups is 1. The molecule has 0 N–H and O–H groups in total. The summed E-state index contributed by atoms with van der Waals surface area (Å²) in [6.07, 6.45) is 0. The number of benzene rings is 2. The zero-order valence-corrected chi connectivity index (χ0v) is 15.4. The smallest absolute Gasteiger partial charge is 0.293 e. The van der Waals surface area contributed by atoms with Gasteiger partial charge in [-0.2, -0.15) is 0 Å². The molecule has 2 aromatic carbocycles. The number of piperazine rings is 1. The maximum absolute atomic E-state index is 12.6. The summed E-state index contributed by atoms with van der Waals surface area (Å²) < 4.78 is 0.677. The molecular formula is C18H18BrN3O3. The van der Waals surface area contributed by atoms with Crippen LogP contribution in [-0.2, 0) is 0 Å². The number of nitrogens with zero attached hydrogens (tertiary/aromatic N) is 3. The van der Waals surface area contributed by atoms with Crippen molar-refractivity contribution < 1.29 is 9.72 Å². The van der Waals surface area contributed by atoms with Crippen molar-refractivity contribution in [2.75, 3.05) is 31.1 Å².